The Hall–Kier alpha value is -1.42. The minimum absolute atomic E-state index is 0.00939. The molecule has 0 aliphatic carbocycles. The van der Waals surface area contributed by atoms with Gasteiger partial charge in [0.2, 0.25) is 5.82 Å². The molecule has 1 aromatic heterocycles. The van der Waals surface area contributed by atoms with Crippen molar-refractivity contribution in [2.45, 2.75) is 19.9 Å². The Labute approximate surface area is 98.6 Å². The second-order valence-electron chi connectivity index (χ2n) is 4.44. The standard InChI is InChI=1S/C13H15F2NO/c1-7(2)12(16-3)10-6-8-4-5-9(14)11(15)13(8)17-10/h4-7,12,16H,1-3H3. The first-order valence-electron chi connectivity index (χ1n) is 5.59. The topological polar surface area (TPSA) is 25.2 Å². The van der Waals surface area contributed by atoms with Gasteiger partial charge < -0.3 is 9.73 Å². The van der Waals surface area contributed by atoms with Gasteiger partial charge in [-0.15, -0.1) is 0 Å². The van der Waals surface area contributed by atoms with Crippen molar-refractivity contribution in [3.63, 3.8) is 0 Å². The van der Waals surface area contributed by atoms with E-state index in [-0.39, 0.29) is 11.6 Å². The minimum Gasteiger partial charge on any atom is -0.456 e. The van der Waals surface area contributed by atoms with Gasteiger partial charge in [0.25, 0.3) is 0 Å². The lowest BCUT2D eigenvalue weighted by molar-refractivity contribution is 0.366. The van der Waals surface area contributed by atoms with Crippen LogP contribution in [0.2, 0.25) is 0 Å². The fraction of sp³-hybridized carbons (Fsp3) is 0.385. The molecule has 0 aliphatic rings. The van der Waals surface area contributed by atoms with E-state index in [0.717, 1.165) is 6.07 Å². The van der Waals surface area contributed by atoms with Gasteiger partial charge in [-0.1, -0.05) is 13.8 Å². The van der Waals surface area contributed by atoms with E-state index in [1.165, 1.54) is 6.07 Å². The highest BCUT2D eigenvalue weighted by atomic mass is 19.2. The predicted molar refractivity (Wildman–Crippen MR) is 62.8 cm³/mol. The Kier molecular flexibility index (Phi) is 3.15. The first kappa shape index (κ1) is 12.0. The molecule has 0 saturated carbocycles. The van der Waals surface area contributed by atoms with Crippen molar-refractivity contribution >= 4 is 11.0 Å². The van der Waals surface area contributed by atoms with Crippen LogP contribution in [0, 0.1) is 17.6 Å². The van der Waals surface area contributed by atoms with E-state index in [9.17, 15) is 8.78 Å². The first-order valence-corrected chi connectivity index (χ1v) is 5.59. The van der Waals surface area contributed by atoms with Gasteiger partial charge in [0.05, 0.1) is 6.04 Å². The lowest BCUT2D eigenvalue weighted by Gasteiger charge is -2.16. The minimum atomic E-state index is -0.924. The summed E-state index contributed by atoms with van der Waals surface area (Å²) in [6.07, 6.45) is 0. The third-order valence-corrected chi connectivity index (χ3v) is 2.88. The largest absolute Gasteiger partial charge is 0.456 e. The third-order valence-electron chi connectivity index (χ3n) is 2.88. The molecule has 1 heterocycles. The molecule has 2 rings (SSSR count). The maximum Gasteiger partial charge on any atom is 0.201 e. The van der Waals surface area contributed by atoms with E-state index in [4.69, 9.17) is 4.42 Å². The number of hydrogen-bond donors (Lipinski definition) is 1. The quantitative estimate of drug-likeness (QED) is 0.884. The summed E-state index contributed by atoms with van der Waals surface area (Å²) in [5.74, 6) is -0.883. The Morgan fingerprint density at radius 3 is 2.53 bits per heavy atom. The van der Waals surface area contributed by atoms with Gasteiger partial charge in [-0.05, 0) is 31.2 Å². The van der Waals surface area contributed by atoms with Gasteiger partial charge in [-0.3, -0.25) is 0 Å². The monoisotopic (exact) mass is 239 g/mol. The summed E-state index contributed by atoms with van der Waals surface area (Å²) in [5.41, 5.74) is -0.0131. The molecule has 1 atom stereocenters. The van der Waals surface area contributed by atoms with Crippen LogP contribution in [0.4, 0.5) is 8.78 Å². The number of rotatable bonds is 3. The summed E-state index contributed by atoms with van der Waals surface area (Å²) in [7, 11) is 1.81. The molecule has 1 N–H and O–H groups in total. The number of hydrogen-bond acceptors (Lipinski definition) is 2. The number of halogens is 2. The molecule has 0 spiro atoms. The van der Waals surface area contributed by atoms with E-state index in [1.807, 2.05) is 20.9 Å². The van der Waals surface area contributed by atoms with E-state index in [0.29, 0.717) is 17.1 Å². The van der Waals surface area contributed by atoms with Gasteiger partial charge in [0.1, 0.15) is 5.76 Å². The smallest absolute Gasteiger partial charge is 0.201 e. The van der Waals surface area contributed by atoms with Crippen LogP contribution in [0.3, 0.4) is 0 Å². The second kappa shape index (κ2) is 4.45. The summed E-state index contributed by atoms with van der Waals surface area (Å²) >= 11 is 0. The molecule has 1 aromatic carbocycles. The number of benzene rings is 1. The third kappa shape index (κ3) is 2.05. The molecule has 17 heavy (non-hydrogen) atoms. The highest BCUT2D eigenvalue weighted by Crippen LogP contribution is 2.30. The molecule has 0 saturated heterocycles. The molecule has 0 fully saturated rings. The van der Waals surface area contributed by atoms with Gasteiger partial charge in [-0.25, -0.2) is 4.39 Å². The Bertz CT molecular complexity index is 533. The van der Waals surface area contributed by atoms with Crippen LogP contribution in [0.5, 0.6) is 0 Å². The number of nitrogens with one attached hydrogen (secondary N) is 1. The summed E-state index contributed by atoms with van der Waals surface area (Å²) < 4.78 is 32.0. The highest BCUT2D eigenvalue weighted by molar-refractivity contribution is 5.78. The second-order valence-corrected chi connectivity index (χ2v) is 4.44. The normalized spacial score (nSPS) is 13.5. The maximum absolute atomic E-state index is 13.5. The molecule has 2 nitrogen and oxygen atoms in total. The Balaban J connectivity index is 2.54. The van der Waals surface area contributed by atoms with Crippen molar-refractivity contribution in [3.05, 3.63) is 35.6 Å². The SMILES string of the molecule is CNC(c1cc2ccc(F)c(F)c2o1)C(C)C. The fourth-order valence-corrected chi connectivity index (χ4v) is 2.02. The molecule has 4 heteroatoms. The lowest BCUT2D eigenvalue weighted by Crippen LogP contribution is -2.20. The van der Waals surface area contributed by atoms with Gasteiger partial charge >= 0.3 is 0 Å². The van der Waals surface area contributed by atoms with Crippen molar-refractivity contribution in [2.24, 2.45) is 5.92 Å². The number of furan rings is 1. The van der Waals surface area contributed by atoms with Crippen molar-refractivity contribution in [1.29, 1.82) is 0 Å². The molecule has 0 amide bonds. The van der Waals surface area contributed by atoms with Crippen LogP contribution in [0.25, 0.3) is 11.0 Å². The Morgan fingerprint density at radius 1 is 1.24 bits per heavy atom. The molecular formula is C13H15F2NO. The Morgan fingerprint density at radius 2 is 1.94 bits per heavy atom. The van der Waals surface area contributed by atoms with Crippen LogP contribution in [0.15, 0.2) is 22.6 Å². The molecular weight excluding hydrogens is 224 g/mol. The van der Waals surface area contributed by atoms with E-state index >= 15 is 0 Å². The predicted octanol–water partition coefficient (Wildman–Crippen LogP) is 3.63. The molecule has 1 unspecified atom stereocenters. The van der Waals surface area contributed by atoms with Gasteiger partial charge in [-0.2, -0.15) is 4.39 Å². The average Bonchev–Trinajstić information content (AvgIpc) is 2.68. The summed E-state index contributed by atoms with van der Waals surface area (Å²) in [6.45, 7) is 4.07. The van der Waals surface area contributed by atoms with Crippen LogP contribution in [-0.4, -0.2) is 7.05 Å². The molecule has 2 aromatic rings. The van der Waals surface area contributed by atoms with E-state index in [2.05, 4.69) is 5.32 Å². The van der Waals surface area contributed by atoms with Gasteiger partial charge in [0, 0.05) is 5.39 Å². The highest BCUT2D eigenvalue weighted by Gasteiger charge is 2.20. The van der Waals surface area contributed by atoms with E-state index in [1.54, 1.807) is 6.07 Å². The zero-order valence-electron chi connectivity index (χ0n) is 10.1. The van der Waals surface area contributed by atoms with Crippen LogP contribution in [-0.2, 0) is 0 Å². The van der Waals surface area contributed by atoms with Gasteiger partial charge in [0.15, 0.2) is 11.4 Å². The van der Waals surface area contributed by atoms with Crippen molar-refractivity contribution in [1.82, 2.24) is 5.32 Å². The number of fused-ring (bicyclic) bond motifs is 1. The fourth-order valence-electron chi connectivity index (χ4n) is 2.02. The van der Waals surface area contributed by atoms with Crippen molar-refractivity contribution in [2.75, 3.05) is 7.05 Å². The van der Waals surface area contributed by atoms with Crippen LogP contribution < -0.4 is 5.32 Å². The molecule has 0 aliphatic heterocycles. The molecule has 0 bridgehead atoms. The average molecular weight is 239 g/mol. The first-order chi connectivity index (χ1) is 8.04. The van der Waals surface area contributed by atoms with Crippen LogP contribution >= 0.6 is 0 Å². The van der Waals surface area contributed by atoms with Crippen molar-refractivity contribution < 1.29 is 13.2 Å². The van der Waals surface area contributed by atoms with Crippen molar-refractivity contribution in [3.8, 4) is 0 Å². The summed E-state index contributed by atoms with van der Waals surface area (Å²) in [6, 6.07) is 4.37. The maximum atomic E-state index is 13.5. The van der Waals surface area contributed by atoms with Crippen LogP contribution in [0.1, 0.15) is 25.6 Å². The molecule has 92 valence electrons. The zero-order valence-corrected chi connectivity index (χ0v) is 10.1. The lowest BCUT2D eigenvalue weighted by atomic mass is 10.0. The summed E-state index contributed by atoms with van der Waals surface area (Å²) in [4.78, 5) is 0. The summed E-state index contributed by atoms with van der Waals surface area (Å²) in [5, 5.41) is 3.69. The van der Waals surface area contributed by atoms with E-state index < -0.39 is 11.6 Å². The zero-order chi connectivity index (χ0) is 12.6. The molecule has 0 radical (unpaired) electrons.